The first-order valence-corrected chi connectivity index (χ1v) is 5.45. The summed E-state index contributed by atoms with van der Waals surface area (Å²) >= 11 is 0. The topological polar surface area (TPSA) is 42.5 Å². The molecule has 1 saturated carbocycles. The number of aliphatic hydroxyl groups excluding tert-OH is 1. The molecule has 0 radical (unpaired) electrons. The molecule has 0 unspecified atom stereocenters. The van der Waals surface area contributed by atoms with E-state index in [0.29, 0.717) is 12.5 Å². The highest BCUT2D eigenvalue weighted by atomic mass is 16.3. The van der Waals surface area contributed by atoms with Crippen LogP contribution >= 0.6 is 0 Å². The lowest BCUT2D eigenvalue weighted by Crippen LogP contribution is -1.97. The maximum atomic E-state index is 9.47. The Morgan fingerprint density at radius 2 is 2.31 bits per heavy atom. The molecule has 4 nitrogen and oxygen atoms in total. The number of hydrogen-bond acceptors (Lipinski definition) is 2. The van der Waals surface area contributed by atoms with Crippen LogP contribution in [0.5, 0.6) is 0 Å². The lowest BCUT2D eigenvalue weighted by atomic mass is 10.2. The first-order chi connectivity index (χ1) is 7.85. The van der Waals surface area contributed by atoms with Crippen LogP contribution in [0.2, 0.25) is 0 Å². The smallest absolute Gasteiger partial charge is 0.142 e. The number of rotatable bonds is 3. The SMILES string of the molecule is C#CCn1ccn2nc(C3CC3)c(CO)c12. The highest BCUT2D eigenvalue weighted by Crippen LogP contribution is 2.41. The molecule has 1 N–H and O–H groups in total. The maximum absolute atomic E-state index is 9.47. The van der Waals surface area contributed by atoms with Gasteiger partial charge in [-0.2, -0.15) is 5.10 Å². The van der Waals surface area contributed by atoms with Gasteiger partial charge < -0.3 is 9.67 Å². The highest BCUT2D eigenvalue weighted by Gasteiger charge is 2.30. The Bertz CT molecular complexity index is 569. The number of aliphatic hydroxyl groups is 1. The molecular weight excluding hydrogens is 202 g/mol. The van der Waals surface area contributed by atoms with E-state index in [1.54, 1.807) is 0 Å². The van der Waals surface area contributed by atoms with Crippen molar-refractivity contribution in [2.45, 2.75) is 31.9 Å². The van der Waals surface area contributed by atoms with Gasteiger partial charge in [0.25, 0.3) is 0 Å². The zero-order valence-electron chi connectivity index (χ0n) is 8.93. The quantitative estimate of drug-likeness (QED) is 0.780. The lowest BCUT2D eigenvalue weighted by molar-refractivity contribution is 0.281. The van der Waals surface area contributed by atoms with Crippen molar-refractivity contribution in [3.05, 3.63) is 23.7 Å². The van der Waals surface area contributed by atoms with Crippen molar-refractivity contribution in [2.75, 3.05) is 0 Å². The van der Waals surface area contributed by atoms with E-state index in [1.165, 1.54) is 12.8 Å². The number of hydrogen-bond donors (Lipinski definition) is 1. The Morgan fingerprint density at radius 1 is 1.50 bits per heavy atom. The number of imidazole rings is 1. The summed E-state index contributed by atoms with van der Waals surface area (Å²) in [6.45, 7) is 0.545. The Kier molecular flexibility index (Phi) is 2.01. The van der Waals surface area contributed by atoms with Crippen LogP contribution in [-0.4, -0.2) is 19.3 Å². The van der Waals surface area contributed by atoms with Crippen molar-refractivity contribution in [3.8, 4) is 12.3 Å². The van der Waals surface area contributed by atoms with E-state index < -0.39 is 0 Å². The second kappa shape index (κ2) is 3.39. The first-order valence-electron chi connectivity index (χ1n) is 5.45. The summed E-state index contributed by atoms with van der Waals surface area (Å²) in [5.41, 5.74) is 2.91. The first kappa shape index (κ1) is 9.49. The van der Waals surface area contributed by atoms with Crippen molar-refractivity contribution in [1.82, 2.24) is 14.2 Å². The summed E-state index contributed by atoms with van der Waals surface area (Å²) in [7, 11) is 0. The molecule has 2 heterocycles. The number of nitrogens with zero attached hydrogens (tertiary/aromatic N) is 3. The molecule has 1 fully saturated rings. The molecule has 0 saturated heterocycles. The molecule has 2 aromatic heterocycles. The van der Waals surface area contributed by atoms with Crippen LogP contribution in [0.1, 0.15) is 30.0 Å². The van der Waals surface area contributed by atoms with Crippen molar-refractivity contribution in [2.24, 2.45) is 0 Å². The summed E-state index contributed by atoms with van der Waals surface area (Å²) in [6, 6.07) is 0. The van der Waals surface area contributed by atoms with Gasteiger partial charge in [0.1, 0.15) is 5.65 Å². The maximum Gasteiger partial charge on any atom is 0.142 e. The minimum absolute atomic E-state index is 0.0317. The van der Waals surface area contributed by atoms with E-state index in [0.717, 1.165) is 16.9 Å². The van der Waals surface area contributed by atoms with E-state index in [2.05, 4.69) is 11.0 Å². The lowest BCUT2D eigenvalue weighted by Gasteiger charge is -2.00. The summed E-state index contributed by atoms with van der Waals surface area (Å²) < 4.78 is 3.76. The van der Waals surface area contributed by atoms with Crippen LogP contribution in [0.4, 0.5) is 0 Å². The molecule has 4 heteroatoms. The molecule has 0 bridgehead atoms. The van der Waals surface area contributed by atoms with Crippen LogP contribution in [-0.2, 0) is 13.2 Å². The Morgan fingerprint density at radius 3 is 2.94 bits per heavy atom. The second-order valence-corrected chi connectivity index (χ2v) is 4.19. The van der Waals surface area contributed by atoms with Gasteiger partial charge in [0, 0.05) is 23.9 Å². The van der Waals surface area contributed by atoms with Gasteiger partial charge in [-0.3, -0.25) is 0 Å². The van der Waals surface area contributed by atoms with Crippen LogP contribution in [0.3, 0.4) is 0 Å². The number of aromatic nitrogens is 3. The van der Waals surface area contributed by atoms with Crippen molar-refractivity contribution in [3.63, 3.8) is 0 Å². The summed E-state index contributed by atoms with van der Waals surface area (Å²) in [5.74, 6) is 3.15. The molecular formula is C12H13N3O. The monoisotopic (exact) mass is 215 g/mol. The Labute approximate surface area is 93.5 Å². The Hall–Kier alpha value is -1.73. The zero-order valence-corrected chi connectivity index (χ0v) is 8.93. The number of terminal acetylenes is 1. The largest absolute Gasteiger partial charge is 0.391 e. The van der Waals surface area contributed by atoms with Gasteiger partial charge in [-0.15, -0.1) is 6.42 Å². The van der Waals surface area contributed by atoms with E-state index in [-0.39, 0.29) is 6.61 Å². The molecule has 2 aromatic rings. The van der Waals surface area contributed by atoms with Crippen molar-refractivity contribution in [1.29, 1.82) is 0 Å². The van der Waals surface area contributed by atoms with Crippen LogP contribution in [0, 0.1) is 12.3 Å². The molecule has 3 rings (SSSR count). The van der Waals surface area contributed by atoms with E-state index in [9.17, 15) is 5.11 Å². The average Bonchev–Trinajstić information content (AvgIpc) is 2.96. The fourth-order valence-corrected chi connectivity index (χ4v) is 2.16. The molecule has 82 valence electrons. The molecule has 0 amide bonds. The van der Waals surface area contributed by atoms with Crippen molar-refractivity contribution < 1.29 is 5.11 Å². The fourth-order valence-electron chi connectivity index (χ4n) is 2.16. The van der Waals surface area contributed by atoms with Gasteiger partial charge in [0.15, 0.2) is 0 Å². The molecule has 1 aliphatic rings. The molecule has 16 heavy (non-hydrogen) atoms. The van der Waals surface area contributed by atoms with Crippen LogP contribution in [0.15, 0.2) is 12.4 Å². The molecule has 0 aliphatic heterocycles. The molecule has 0 aromatic carbocycles. The molecule has 0 spiro atoms. The normalized spacial score (nSPS) is 15.5. The van der Waals surface area contributed by atoms with E-state index in [1.807, 2.05) is 21.5 Å². The van der Waals surface area contributed by atoms with Crippen molar-refractivity contribution >= 4 is 5.65 Å². The third-order valence-electron chi connectivity index (χ3n) is 3.06. The molecule has 0 atom stereocenters. The predicted octanol–water partition coefficient (Wildman–Crippen LogP) is 1.14. The predicted molar refractivity (Wildman–Crippen MR) is 59.9 cm³/mol. The minimum Gasteiger partial charge on any atom is -0.391 e. The third kappa shape index (κ3) is 1.25. The fraction of sp³-hybridized carbons (Fsp3) is 0.417. The minimum atomic E-state index is 0.0317. The van der Waals surface area contributed by atoms with Gasteiger partial charge in [0.05, 0.1) is 18.8 Å². The third-order valence-corrected chi connectivity index (χ3v) is 3.06. The van der Waals surface area contributed by atoms with Gasteiger partial charge >= 0.3 is 0 Å². The van der Waals surface area contributed by atoms with E-state index >= 15 is 0 Å². The number of fused-ring (bicyclic) bond motifs is 1. The summed E-state index contributed by atoms with van der Waals surface area (Å²) in [4.78, 5) is 0. The van der Waals surface area contributed by atoms with Gasteiger partial charge in [-0.25, -0.2) is 4.52 Å². The van der Waals surface area contributed by atoms with Gasteiger partial charge in [-0.05, 0) is 12.8 Å². The summed E-state index contributed by atoms with van der Waals surface area (Å²) in [6.07, 6.45) is 11.5. The zero-order chi connectivity index (χ0) is 11.1. The Balaban J connectivity index is 2.20. The second-order valence-electron chi connectivity index (χ2n) is 4.19. The standard InChI is InChI=1S/C12H13N3O/c1-2-5-14-6-7-15-12(14)10(8-16)11(13-15)9-3-4-9/h1,6-7,9,16H,3-5,8H2. The van der Waals surface area contributed by atoms with E-state index in [4.69, 9.17) is 6.42 Å². The van der Waals surface area contributed by atoms with Gasteiger partial charge in [0.2, 0.25) is 0 Å². The summed E-state index contributed by atoms with van der Waals surface area (Å²) in [5, 5.41) is 14.0. The molecule has 1 aliphatic carbocycles. The highest BCUT2D eigenvalue weighted by molar-refractivity contribution is 5.53. The average molecular weight is 215 g/mol. The van der Waals surface area contributed by atoms with Crippen LogP contribution < -0.4 is 0 Å². The van der Waals surface area contributed by atoms with Gasteiger partial charge in [-0.1, -0.05) is 5.92 Å². The van der Waals surface area contributed by atoms with Crippen LogP contribution in [0.25, 0.3) is 5.65 Å².